The van der Waals surface area contributed by atoms with Crippen molar-refractivity contribution in [3.8, 4) is 0 Å². The molecule has 1 fully saturated rings. The predicted molar refractivity (Wildman–Crippen MR) is 77.1 cm³/mol. The zero-order chi connectivity index (χ0) is 14.5. The van der Waals surface area contributed by atoms with Gasteiger partial charge in [0.15, 0.2) is 0 Å². The number of nitrogens with zero attached hydrogens (tertiary/aromatic N) is 3. The van der Waals surface area contributed by atoms with Gasteiger partial charge in [-0.15, -0.1) is 0 Å². The van der Waals surface area contributed by atoms with E-state index in [0.717, 1.165) is 25.8 Å². The molecule has 7 heteroatoms. The number of nitrogens with one attached hydrogen (secondary N) is 1. The highest BCUT2D eigenvalue weighted by molar-refractivity contribution is 5.62. The average Bonchev–Trinajstić information content (AvgIpc) is 3.26. The van der Waals surface area contributed by atoms with Crippen LogP contribution in [0.4, 0.5) is 17.3 Å². The van der Waals surface area contributed by atoms with Gasteiger partial charge in [-0.2, -0.15) is 0 Å². The molecule has 1 heterocycles. The van der Waals surface area contributed by atoms with Gasteiger partial charge in [0.2, 0.25) is 5.82 Å². The van der Waals surface area contributed by atoms with E-state index in [1.54, 1.807) is 6.07 Å². The highest BCUT2D eigenvalue weighted by Crippen LogP contribution is 2.36. The molecule has 0 unspecified atom stereocenters. The lowest BCUT2D eigenvalue weighted by Crippen LogP contribution is -2.30. The van der Waals surface area contributed by atoms with Gasteiger partial charge in [-0.3, -0.25) is 10.1 Å². The molecule has 1 aliphatic carbocycles. The monoisotopic (exact) mass is 280 g/mol. The summed E-state index contributed by atoms with van der Waals surface area (Å²) in [5.41, 5.74) is -0.00704. The fourth-order valence-electron chi connectivity index (χ4n) is 2.10. The van der Waals surface area contributed by atoms with Gasteiger partial charge in [0.25, 0.3) is 0 Å². The first-order chi connectivity index (χ1) is 9.67. The standard InChI is InChI=1S/C13H20N4O3/c1-2-7-14-12-6-5-11(17(19)20)13(15-12)16(8-9-18)10-3-4-10/h5-6,10,18H,2-4,7-9H2,1H3,(H,14,15). The first-order valence-electron chi connectivity index (χ1n) is 6.94. The van der Waals surface area contributed by atoms with Crippen molar-refractivity contribution < 1.29 is 10.0 Å². The highest BCUT2D eigenvalue weighted by atomic mass is 16.6. The third-order valence-electron chi connectivity index (χ3n) is 3.21. The van der Waals surface area contributed by atoms with Gasteiger partial charge in [-0.05, 0) is 25.3 Å². The zero-order valence-corrected chi connectivity index (χ0v) is 11.6. The summed E-state index contributed by atoms with van der Waals surface area (Å²) >= 11 is 0. The molecule has 0 atom stereocenters. The fourth-order valence-corrected chi connectivity index (χ4v) is 2.10. The number of pyridine rings is 1. The van der Waals surface area contributed by atoms with Gasteiger partial charge in [0.05, 0.1) is 11.5 Å². The average molecular weight is 280 g/mol. The summed E-state index contributed by atoms with van der Waals surface area (Å²) in [6, 6.07) is 3.36. The van der Waals surface area contributed by atoms with Crippen LogP contribution < -0.4 is 10.2 Å². The summed E-state index contributed by atoms with van der Waals surface area (Å²) in [7, 11) is 0. The molecule has 110 valence electrons. The summed E-state index contributed by atoms with van der Waals surface area (Å²) in [6.07, 6.45) is 2.94. The Morgan fingerprint density at radius 1 is 1.55 bits per heavy atom. The molecular weight excluding hydrogens is 260 g/mol. The van der Waals surface area contributed by atoms with E-state index in [9.17, 15) is 10.1 Å². The number of hydrogen-bond donors (Lipinski definition) is 2. The smallest absolute Gasteiger partial charge is 0.311 e. The van der Waals surface area contributed by atoms with Crippen molar-refractivity contribution in [3.05, 3.63) is 22.2 Å². The first-order valence-corrected chi connectivity index (χ1v) is 6.94. The maximum absolute atomic E-state index is 11.2. The summed E-state index contributed by atoms with van der Waals surface area (Å²) in [5, 5.41) is 23.4. The minimum absolute atomic E-state index is 0.00704. The summed E-state index contributed by atoms with van der Waals surface area (Å²) in [5.74, 6) is 0.990. The Hall–Kier alpha value is -1.89. The van der Waals surface area contributed by atoms with Crippen LogP contribution in [0, 0.1) is 10.1 Å². The first kappa shape index (κ1) is 14.5. The number of nitro groups is 1. The third kappa shape index (κ3) is 3.36. The zero-order valence-electron chi connectivity index (χ0n) is 11.6. The number of anilines is 2. The van der Waals surface area contributed by atoms with Crippen LogP contribution in [-0.4, -0.2) is 40.8 Å². The molecule has 0 aliphatic heterocycles. The van der Waals surface area contributed by atoms with Crippen molar-refractivity contribution in [2.75, 3.05) is 29.9 Å². The Kier molecular flexibility index (Phi) is 4.73. The Balaban J connectivity index is 2.31. The molecule has 0 spiro atoms. The minimum atomic E-state index is -0.418. The van der Waals surface area contributed by atoms with Gasteiger partial charge in [-0.1, -0.05) is 6.92 Å². The van der Waals surface area contributed by atoms with E-state index in [2.05, 4.69) is 10.3 Å². The number of rotatable bonds is 8. The van der Waals surface area contributed by atoms with Crippen LogP contribution in [0.5, 0.6) is 0 Å². The van der Waals surface area contributed by atoms with Crippen LogP contribution in [0.25, 0.3) is 0 Å². The molecule has 1 saturated carbocycles. The minimum Gasteiger partial charge on any atom is -0.395 e. The van der Waals surface area contributed by atoms with Gasteiger partial charge in [0, 0.05) is 25.2 Å². The Labute approximate surface area is 117 Å². The van der Waals surface area contributed by atoms with E-state index in [0.29, 0.717) is 18.2 Å². The van der Waals surface area contributed by atoms with E-state index < -0.39 is 4.92 Å². The third-order valence-corrected chi connectivity index (χ3v) is 3.21. The predicted octanol–water partition coefficient (Wildman–Crippen LogP) is 1.77. The van der Waals surface area contributed by atoms with Crippen LogP contribution in [0.15, 0.2) is 12.1 Å². The Morgan fingerprint density at radius 3 is 2.85 bits per heavy atom. The molecular formula is C13H20N4O3. The number of aliphatic hydroxyl groups excluding tert-OH is 1. The second kappa shape index (κ2) is 6.51. The molecule has 2 rings (SSSR count). The lowest BCUT2D eigenvalue weighted by Gasteiger charge is -2.22. The van der Waals surface area contributed by atoms with E-state index in [1.165, 1.54) is 6.07 Å². The maximum atomic E-state index is 11.2. The van der Waals surface area contributed by atoms with E-state index in [-0.39, 0.29) is 18.3 Å². The normalized spacial score (nSPS) is 14.1. The van der Waals surface area contributed by atoms with Crippen molar-refractivity contribution in [1.82, 2.24) is 4.98 Å². The van der Waals surface area contributed by atoms with Crippen molar-refractivity contribution >= 4 is 17.3 Å². The molecule has 0 radical (unpaired) electrons. The van der Waals surface area contributed by atoms with Gasteiger partial charge in [-0.25, -0.2) is 4.98 Å². The number of aromatic nitrogens is 1. The lowest BCUT2D eigenvalue weighted by atomic mass is 10.3. The quantitative estimate of drug-likeness (QED) is 0.557. The Morgan fingerprint density at radius 2 is 2.30 bits per heavy atom. The fraction of sp³-hybridized carbons (Fsp3) is 0.615. The largest absolute Gasteiger partial charge is 0.395 e. The lowest BCUT2D eigenvalue weighted by molar-refractivity contribution is -0.384. The molecule has 7 nitrogen and oxygen atoms in total. The van der Waals surface area contributed by atoms with Crippen LogP contribution in [0.1, 0.15) is 26.2 Å². The highest BCUT2D eigenvalue weighted by Gasteiger charge is 2.33. The SMILES string of the molecule is CCCNc1ccc([N+](=O)[O-])c(N(CCO)C2CC2)n1. The van der Waals surface area contributed by atoms with Crippen molar-refractivity contribution in [2.24, 2.45) is 0 Å². The van der Waals surface area contributed by atoms with Crippen molar-refractivity contribution in [3.63, 3.8) is 0 Å². The van der Waals surface area contributed by atoms with Gasteiger partial charge >= 0.3 is 5.69 Å². The Bertz CT molecular complexity index is 477. The topological polar surface area (TPSA) is 91.5 Å². The summed E-state index contributed by atoms with van der Waals surface area (Å²) < 4.78 is 0. The molecule has 1 aliphatic rings. The van der Waals surface area contributed by atoms with Crippen LogP contribution >= 0.6 is 0 Å². The second-order valence-corrected chi connectivity index (χ2v) is 4.87. The molecule has 0 aromatic carbocycles. The maximum Gasteiger partial charge on any atom is 0.311 e. The molecule has 0 bridgehead atoms. The number of hydrogen-bond acceptors (Lipinski definition) is 6. The molecule has 1 aromatic rings. The summed E-state index contributed by atoms with van der Waals surface area (Å²) in [4.78, 5) is 17.0. The van der Waals surface area contributed by atoms with Crippen LogP contribution in [-0.2, 0) is 0 Å². The molecule has 0 saturated heterocycles. The van der Waals surface area contributed by atoms with Crippen molar-refractivity contribution in [1.29, 1.82) is 0 Å². The van der Waals surface area contributed by atoms with E-state index in [1.807, 2.05) is 11.8 Å². The molecule has 0 amide bonds. The summed E-state index contributed by atoms with van der Waals surface area (Å²) in [6.45, 7) is 3.15. The van der Waals surface area contributed by atoms with Crippen LogP contribution in [0.2, 0.25) is 0 Å². The molecule has 1 aromatic heterocycles. The van der Waals surface area contributed by atoms with E-state index in [4.69, 9.17) is 5.11 Å². The van der Waals surface area contributed by atoms with Gasteiger partial charge in [0.1, 0.15) is 5.82 Å². The van der Waals surface area contributed by atoms with Gasteiger partial charge < -0.3 is 15.3 Å². The molecule has 2 N–H and O–H groups in total. The van der Waals surface area contributed by atoms with E-state index >= 15 is 0 Å². The molecule has 20 heavy (non-hydrogen) atoms. The van der Waals surface area contributed by atoms with Crippen LogP contribution in [0.3, 0.4) is 0 Å². The van der Waals surface area contributed by atoms with Crippen molar-refractivity contribution in [2.45, 2.75) is 32.2 Å². The number of aliphatic hydroxyl groups is 1. The second-order valence-electron chi connectivity index (χ2n) is 4.87.